The topological polar surface area (TPSA) is 97.0 Å². The Bertz CT molecular complexity index is 865. The van der Waals surface area contributed by atoms with Gasteiger partial charge < -0.3 is 20.1 Å². The zero-order valence-electron chi connectivity index (χ0n) is 19.1. The highest BCUT2D eigenvalue weighted by Gasteiger charge is 2.35. The van der Waals surface area contributed by atoms with Crippen LogP contribution in [0.2, 0.25) is 0 Å². The van der Waals surface area contributed by atoms with Crippen molar-refractivity contribution in [3.8, 4) is 0 Å². The molecule has 2 amide bonds. The predicted octanol–water partition coefficient (Wildman–Crippen LogP) is 2.70. The van der Waals surface area contributed by atoms with E-state index in [9.17, 15) is 14.4 Å². The van der Waals surface area contributed by atoms with E-state index < -0.39 is 12.0 Å². The van der Waals surface area contributed by atoms with E-state index in [1.165, 1.54) is 5.56 Å². The van der Waals surface area contributed by atoms with Gasteiger partial charge in [-0.05, 0) is 50.8 Å². The second kappa shape index (κ2) is 11.1. The Hall–Kier alpha value is -2.87. The monoisotopic (exact) mass is 443 g/mol. The maximum atomic E-state index is 13.0. The lowest BCUT2D eigenvalue weighted by Gasteiger charge is -2.35. The fourth-order valence-electron chi connectivity index (χ4n) is 4.26. The number of urea groups is 1. The minimum atomic E-state index is -0.602. The summed E-state index contributed by atoms with van der Waals surface area (Å²) in [5.41, 5.74) is 2.91. The maximum Gasteiger partial charge on any atom is 0.338 e. The number of aryl methyl sites for hydroxylation is 1. The molecule has 0 saturated carbocycles. The molecular weight excluding hydrogens is 410 g/mol. The molecule has 0 aliphatic carbocycles. The fraction of sp³-hybridized carbons (Fsp3) is 0.542. The lowest BCUT2D eigenvalue weighted by molar-refractivity contribution is -0.150. The van der Waals surface area contributed by atoms with Gasteiger partial charge in [0.2, 0.25) is 0 Å². The third-order valence-electron chi connectivity index (χ3n) is 5.88. The Labute approximate surface area is 189 Å². The third-order valence-corrected chi connectivity index (χ3v) is 5.88. The van der Waals surface area contributed by atoms with Crippen LogP contribution in [0.4, 0.5) is 4.79 Å². The first kappa shape index (κ1) is 23.8. The molecule has 0 spiro atoms. The molecule has 0 unspecified atom stereocenters. The third kappa shape index (κ3) is 5.68. The summed E-state index contributed by atoms with van der Waals surface area (Å²) in [6.45, 7) is 7.87. The zero-order valence-corrected chi connectivity index (χ0v) is 19.1. The normalized spacial score (nSPS) is 21.5. The Balaban J connectivity index is 1.90. The van der Waals surface area contributed by atoms with Crippen LogP contribution in [-0.2, 0) is 25.5 Å². The molecule has 0 radical (unpaired) electrons. The zero-order chi connectivity index (χ0) is 23.1. The summed E-state index contributed by atoms with van der Waals surface area (Å²) in [6, 6.07) is 6.90. The number of carbonyl (C=O) groups excluding carboxylic acids is 3. The van der Waals surface area contributed by atoms with Crippen LogP contribution >= 0.6 is 0 Å². The molecular formula is C24H33N3O5. The van der Waals surface area contributed by atoms with Crippen LogP contribution in [0.1, 0.15) is 50.8 Å². The number of rotatable bonds is 8. The quantitative estimate of drug-likeness (QED) is 0.600. The Morgan fingerprint density at radius 2 is 1.81 bits per heavy atom. The van der Waals surface area contributed by atoms with E-state index in [1.807, 2.05) is 24.3 Å². The van der Waals surface area contributed by atoms with E-state index in [0.29, 0.717) is 31.0 Å². The number of carbonyl (C=O) groups is 3. The SMILES string of the molecule is CCOC(=O)C1=C(CN2CCC[C@@H](C(=O)OCC)C2)NC(=O)N[C@H]1c1ccc(CC)cc1. The summed E-state index contributed by atoms with van der Waals surface area (Å²) in [5.74, 6) is -0.858. The van der Waals surface area contributed by atoms with Gasteiger partial charge in [-0.2, -0.15) is 0 Å². The second-order valence-corrected chi connectivity index (χ2v) is 8.07. The molecule has 1 saturated heterocycles. The average molecular weight is 444 g/mol. The van der Waals surface area contributed by atoms with E-state index in [-0.39, 0.29) is 24.5 Å². The molecule has 3 rings (SSSR count). The number of piperidine rings is 1. The van der Waals surface area contributed by atoms with Gasteiger partial charge in [0.25, 0.3) is 0 Å². The summed E-state index contributed by atoms with van der Waals surface area (Å²) in [5, 5.41) is 5.68. The molecule has 32 heavy (non-hydrogen) atoms. The molecule has 2 heterocycles. The van der Waals surface area contributed by atoms with Crippen LogP contribution in [0.3, 0.4) is 0 Å². The predicted molar refractivity (Wildman–Crippen MR) is 120 cm³/mol. The number of nitrogens with one attached hydrogen (secondary N) is 2. The standard InChI is InChI=1S/C24H33N3O5/c1-4-16-9-11-17(12-10-16)21-20(23(29)32-6-3)19(25-24(30)26-21)15-27-13-7-8-18(14-27)22(28)31-5-2/h9-12,18,21H,4-8,13-15H2,1-3H3,(H2,25,26,30)/t18-,21+/m1/s1. The molecule has 2 aliphatic rings. The Morgan fingerprint density at radius 3 is 2.47 bits per heavy atom. The van der Waals surface area contributed by atoms with Crippen LogP contribution in [-0.4, -0.2) is 55.7 Å². The minimum Gasteiger partial charge on any atom is -0.466 e. The molecule has 1 aromatic carbocycles. The molecule has 0 bridgehead atoms. The average Bonchev–Trinajstić information content (AvgIpc) is 2.79. The van der Waals surface area contributed by atoms with Gasteiger partial charge in [-0.3, -0.25) is 9.69 Å². The fourth-order valence-corrected chi connectivity index (χ4v) is 4.26. The van der Waals surface area contributed by atoms with Gasteiger partial charge in [-0.1, -0.05) is 31.2 Å². The highest BCUT2D eigenvalue weighted by molar-refractivity contribution is 5.95. The highest BCUT2D eigenvalue weighted by atomic mass is 16.5. The summed E-state index contributed by atoms with van der Waals surface area (Å²) in [7, 11) is 0. The van der Waals surface area contributed by atoms with Gasteiger partial charge in [0.1, 0.15) is 0 Å². The van der Waals surface area contributed by atoms with Crippen molar-refractivity contribution in [2.45, 2.75) is 46.1 Å². The van der Waals surface area contributed by atoms with Crippen molar-refractivity contribution in [1.29, 1.82) is 0 Å². The summed E-state index contributed by atoms with van der Waals surface area (Å²) < 4.78 is 10.5. The Kier molecular flexibility index (Phi) is 8.27. The number of ether oxygens (including phenoxy) is 2. The van der Waals surface area contributed by atoms with E-state index in [1.54, 1.807) is 13.8 Å². The molecule has 0 aromatic heterocycles. The lowest BCUT2D eigenvalue weighted by Crippen LogP contribution is -2.50. The number of benzene rings is 1. The number of hydrogen-bond donors (Lipinski definition) is 2. The molecule has 2 N–H and O–H groups in total. The molecule has 2 aliphatic heterocycles. The highest BCUT2D eigenvalue weighted by Crippen LogP contribution is 2.29. The second-order valence-electron chi connectivity index (χ2n) is 8.07. The summed E-state index contributed by atoms with van der Waals surface area (Å²) in [6.07, 6.45) is 2.53. The number of esters is 2. The Morgan fingerprint density at radius 1 is 1.09 bits per heavy atom. The van der Waals surface area contributed by atoms with Crippen molar-refractivity contribution in [3.05, 3.63) is 46.7 Å². The molecule has 8 heteroatoms. The smallest absolute Gasteiger partial charge is 0.338 e. The van der Waals surface area contributed by atoms with Gasteiger partial charge in [0.05, 0.1) is 30.7 Å². The summed E-state index contributed by atoms with van der Waals surface area (Å²) >= 11 is 0. The van der Waals surface area contributed by atoms with Crippen molar-refractivity contribution in [2.75, 3.05) is 32.8 Å². The molecule has 1 fully saturated rings. The van der Waals surface area contributed by atoms with Gasteiger partial charge in [-0.15, -0.1) is 0 Å². The number of likely N-dealkylation sites (tertiary alicyclic amines) is 1. The van der Waals surface area contributed by atoms with Crippen LogP contribution < -0.4 is 10.6 Å². The minimum absolute atomic E-state index is 0.194. The molecule has 2 atom stereocenters. The van der Waals surface area contributed by atoms with Crippen molar-refractivity contribution >= 4 is 18.0 Å². The van der Waals surface area contributed by atoms with Crippen molar-refractivity contribution in [1.82, 2.24) is 15.5 Å². The van der Waals surface area contributed by atoms with Crippen molar-refractivity contribution < 1.29 is 23.9 Å². The van der Waals surface area contributed by atoms with Gasteiger partial charge in [0.15, 0.2) is 0 Å². The van der Waals surface area contributed by atoms with Crippen LogP contribution in [0.5, 0.6) is 0 Å². The number of nitrogens with zero attached hydrogens (tertiary/aromatic N) is 1. The number of hydrogen-bond acceptors (Lipinski definition) is 6. The van der Waals surface area contributed by atoms with Crippen LogP contribution in [0, 0.1) is 5.92 Å². The molecule has 1 aromatic rings. The lowest BCUT2D eigenvalue weighted by atomic mass is 9.93. The van der Waals surface area contributed by atoms with Crippen molar-refractivity contribution in [2.24, 2.45) is 5.92 Å². The van der Waals surface area contributed by atoms with Gasteiger partial charge in [-0.25, -0.2) is 9.59 Å². The van der Waals surface area contributed by atoms with E-state index in [4.69, 9.17) is 9.47 Å². The van der Waals surface area contributed by atoms with E-state index in [0.717, 1.165) is 31.4 Å². The molecule has 174 valence electrons. The van der Waals surface area contributed by atoms with Crippen LogP contribution in [0.15, 0.2) is 35.5 Å². The molecule has 8 nitrogen and oxygen atoms in total. The van der Waals surface area contributed by atoms with Crippen LogP contribution in [0.25, 0.3) is 0 Å². The largest absolute Gasteiger partial charge is 0.466 e. The van der Waals surface area contributed by atoms with Gasteiger partial charge >= 0.3 is 18.0 Å². The van der Waals surface area contributed by atoms with E-state index >= 15 is 0 Å². The first-order valence-electron chi connectivity index (χ1n) is 11.4. The van der Waals surface area contributed by atoms with Crippen molar-refractivity contribution in [3.63, 3.8) is 0 Å². The number of amides is 2. The van der Waals surface area contributed by atoms with E-state index in [2.05, 4.69) is 22.5 Å². The first-order valence-corrected chi connectivity index (χ1v) is 11.4. The van der Waals surface area contributed by atoms with Gasteiger partial charge in [0, 0.05) is 18.8 Å². The summed E-state index contributed by atoms with van der Waals surface area (Å²) in [4.78, 5) is 39.8. The first-order chi connectivity index (χ1) is 15.5. The maximum absolute atomic E-state index is 13.0.